The Morgan fingerprint density at radius 1 is 0.538 bits per heavy atom. The first kappa shape index (κ1) is 62.0. The van der Waals surface area contributed by atoms with Crippen LogP contribution in [0.2, 0.25) is 0 Å². The largest absolute Gasteiger partial charge is 0.394 e. The van der Waals surface area contributed by atoms with Crippen LogP contribution in [0, 0.1) is 10.8 Å². The number of nitrogens with one attached hydrogen (secondary N) is 8. The average Bonchev–Trinajstić information content (AvgIpc) is 4.12. The molecule has 0 aromatic heterocycles. The molecule has 3 unspecified atom stereocenters. The standard InChI is InChI=1S/C56H80N10O12/c1-31(57-9)47(71)63-45(55(3,4)5)53(77)65-27-37(25-41(65)51(75)61-39(29-67)43(69)33-18-13-11-14-19-33)59-49(73)35-22-17-23-36(24-35)50(74)60-38-26-42(52(76)62-40(30-68)44(70)34-20-15-12-16-21-34)66(28-38)54(78)46(56(6,7)8)64-48(72)32(2)58-10/h11-24,31-32,37-46,57-58,67-70H,25-30H2,1-10H3,(H,59,73)(H,60,74)(H,61,75)(H,62,76)(H,63,71)(H,64,72)/t31-,32-,37-,38-,39+,40+,41?,42?,43-,44+,45?,46+/m0/s1. The van der Waals surface area contributed by atoms with Gasteiger partial charge in [0.1, 0.15) is 36.4 Å². The number of aliphatic hydroxyl groups is 4. The van der Waals surface area contributed by atoms with Gasteiger partial charge in [-0.25, -0.2) is 0 Å². The van der Waals surface area contributed by atoms with Gasteiger partial charge in [-0.1, -0.05) is 108 Å². The molecule has 0 radical (unpaired) electrons. The van der Waals surface area contributed by atoms with Crippen LogP contribution >= 0.6 is 0 Å². The fourth-order valence-corrected chi connectivity index (χ4v) is 9.40. The molecule has 3 aromatic carbocycles. The van der Waals surface area contributed by atoms with E-state index in [1.165, 1.54) is 34.1 Å². The summed E-state index contributed by atoms with van der Waals surface area (Å²) in [5, 5.41) is 65.4. The summed E-state index contributed by atoms with van der Waals surface area (Å²) >= 11 is 0. The quantitative estimate of drug-likeness (QED) is 0.0620. The van der Waals surface area contributed by atoms with Gasteiger partial charge in [0.2, 0.25) is 35.4 Å². The number of carbonyl (C=O) groups is 8. The molecule has 2 aliphatic heterocycles. The zero-order chi connectivity index (χ0) is 57.8. The molecule has 5 rings (SSSR count). The lowest BCUT2D eigenvalue weighted by molar-refractivity contribution is -0.144. The molecule has 8 amide bonds. The first-order valence-corrected chi connectivity index (χ1v) is 26.3. The summed E-state index contributed by atoms with van der Waals surface area (Å²) in [7, 11) is 3.19. The highest BCUT2D eigenvalue weighted by Crippen LogP contribution is 2.30. The van der Waals surface area contributed by atoms with Crippen LogP contribution < -0.4 is 42.5 Å². The third-order valence-electron chi connectivity index (χ3n) is 14.4. The lowest BCUT2D eigenvalue weighted by atomic mass is 9.85. The van der Waals surface area contributed by atoms with Gasteiger partial charge in [-0.15, -0.1) is 0 Å². The molecule has 22 nitrogen and oxygen atoms in total. The first-order chi connectivity index (χ1) is 36.7. The topological polar surface area (TPSA) is 320 Å². The van der Waals surface area contributed by atoms with Crippen LogP contribution in [0.1, 0.15) is 112 Å². The Hall–Kier alpha value is -6.82. The Bertz CT molecular complexity index is 2410. The van der Waals surface area contributed by atoms with E-state index in [1.807, 2.05) is 0 Å². The maximum absolute atomic E-state index is 14.6. The van der Waals surface area contributed by atoms with Crippen molar-refractivity contribution in [2.75, 3.05) is 40.4 Å². The van der Waals surface area contributed by atoms with Gasteiger partial charge in [-0.3, -0.25) is 38.4 Å². The Labute approximate surface area is 456 Å². The Balaban J connectivity index is 1.38. The summed E-state index contributed by atoms with van der Waals surface area (Å²) in [5.74, 6) is -4.89. The Morgan fingerprint density at radius 3 is 1.19 bits per heavy atom. The van der Waals surface area contributed by atoms with Crippen LogP contribution in [0.3, 0.4) is 0 Å². The summed E-state index contributed by atoms with van der Waals surface area (Å²) in [4.78, 5) is 115. The summed E-state index contributed by atoms with van der Waals surface area (Å²) < 4.78 is 0. The number of hydrogen-bond acceptors (Lipinski definition) is 14. The van der Waals surface area contributed by atoms with Crippen molar-refractivity contribution in [3.8, 4) is 0 Å². The van der Waals surface area contributed by atoms with Gasteiger partial charge in [0.15, 0.2) is 0 Å². The lowest BCUT2D eigenvalue weighted by Crippen LogP contribution is -2.60. The molecular weight excluding hydrogens is 1000 g/mol. The molecule has 78 heavy (non-hydrogen) atoms. The van der Waals surface area contributed by atoms with Crippen molar-refractivity contribution in [1.82, 2.24) is 52.3 Å². The smallest absolute Gasteiger partial charge is 0.251 e. The van der Waals surface area contributed by atoms with E-state index >= 15 is 0 Å². The maximum atomic E-state index is 14.6. The van der Waals surface area contributed by atoms with Gasteiger partial charge in [0, 0.05) is 36.3 Å². The third-order valence-corrected chi connectivity index (χ3v) is 14.4. The van der Waals surface area contributed by atoms with Gasteiger partial charge < -0.3 is 72.8 Å². The second-order valence-corrected chi connectivity index (χ2v) is 22.3. The predicted molar refractivity (Wildman–Crippen MR) is 290 cm³/mol. The molecule has 2 saturated heterocycles. The predicted octanol–water partition coefficient (Wildman–Crippen LogP) is -0.216. The summed E-state index contributed by atoms with van der Waals surface area (Å²) in [6.07, 6.45) is -2.84. The van der Waals surface area contributed by atoms with Crippen molar-refractivity contribution in [2.45, 2.75) is 141 Å². The highest BCUT2D eigenvalue weighted by Gasteiger charge is 2.48. The Kier molecular flexibility index (Phi) is 21.6. The number of hydrogen-bond donors (Lipinski definition) is 12. The van der Waals surface area contributed by atoms with E-state index in [0.717, 1.165) is 0 Å². The van der Waals surface area contributed by atoms with Crippen LogP contribution in [0.4, 0.5) is 0 Å². The van der Waals surface area contributed by atoms with E-state index in [0.29, 0.717) is 11.1 Å². The van der Waals surface area contributed by atoms with Crippen LogP contribution in [0.15, 0.2) is 84.9 Å². The van der Waals surface area contributed by atoms with Crippen molar-refractivity contribution in [3.05, 3.63) is 107 Å². The molecule has 22 heteroatoms. The van der Waals surface area contributed by atoms with Crippen molar-refractivity contribution < 1.29 is 58.8 Å². The van der Waals surface area contributed by atoms with E-state index in [-0.39, 0.29) is 37.1 Å². The Morgan fingerprint density at radius 2 is 0.885 bits per heavy atom. The fraction of sp³-hybridized carbons (Fsp3) is 0.536. The molecule has 0 spiro atoms. The molecule has 0 aliphatic carbocycles. The van der Waals surface area contributed by atoms with Gasteiger partial charge in [-0.05, 0) is 80.9 Å². The highest BCUT2D eigenvalue weighted by atomic mass is 16.3. The van der Waals surface area contributed by atoms with Crippen LogP contribution in [-0.4, -0.2) is 178 Å². The van der Waals surface area contributed by atoms with Crippen molar-refractivity contribution in [1.29, 1.82) is 0 Å². The SMILES string of the molecule is CN[C@@H](C)C(=O)NC(C(=O)N1C[C@@H](NC(=O)c2cccc(C(=O)N[C@H]3CC(C(=O)N[C@H](CO)[C@H](O)c4ccccc4)N(C(=O)[C@@H](NC(=O)[C@H](C)NC)C(C)(C)C)C3)c2)CC1C(=O)N[C@H](CO)[C@@H](O)c1ccccc1)C(C)(C)C. The molecule has 426 valence electrons. The van der Waals surface area contributed by atoms with Gasteiger partial charge in [-0.2, -0.15) is 0 Å². The minimum atomic E-state index is -1.32. The van der Waals surface area contributed by atoms with Crippen LogP contribution in [0.5, 0.6) is 0 Å². The van der Waals surface area contributed by atoms with Crippen molar-refractivity contribution in [3.63, 3.8) is 0 Å². The molecule has 12 N–H and O–H groups in total. The fourth-order valence-electron chi connectivity index (χ4n) is 9.40. The monoisotopic (exact) mass is 1080 g/mol. The molecular formula is C56H80N10O12. The van der Waals surface area contributed by atoms with E-state index in [4.69, 9.17) is 0 Å². The van der Waals surface area contributed by atoms with E-state index < -0.39 is 144 Å². The second-order valence-electron chi connectivity index (χ2n) is 22.3. The highest BCUT2D eigenvalue weighted by molar-refractivity contribution is 6.01. The molecule has 0 bridgehead atoms. The first-order valence-electron chi connectivity index (χ1n) is 26.3. The minimum Gasteiger partial charge on any atom is -0.394 e. The number of benzene rings is 3. The average molecular weight is 1090 g/mol. The van der Waals surface area contributed by atoms with Gasteiger partial charge in [0.25, 0.3) is 11.8 Å². The number of likely N-dealkylation sites (tertiary alicyclic amines) is 2. The summed E-state index contributed by atoms with van der Waals surface area (Å²) in [5.41, 5.74) is -0.780. The van der Waals surface area contributed by atoms with E-state index in [2.05, 4.69) is 42.5 Å². The normalized spacial score (nSPS) is 20.6. The van der Waals surface area contributed by atoms with Gasteiger partial charge in [0.05, 0.1) is 37.4 Å². The summed E-state index contributed by atoms with van der Waals surface area (Å²) in [6, 6.07) is 12.5. The van der Waals surface area contributed by atoms with Crippen LogP contribution in [0.25, 0.3) is 0 Å². The number of aliphatic hydroxyl groups excluding tert-OH is 4. The second kappa shape index (κ2) is 27.2. The molecule has 12 atom stereocenters. The maximum Gasteiger partial charge on any atom is 0.251 e. The van der Waals surface area contributed by atoms with E-state index in [1.54, 1.807) is 130 Å². The molecule has 2 fully saturated rings. The zero-order valence-electron chi connectivity index (χ0n) is 46.2. The van der Waals surface area contributed by atoms with Crippen molar-refractivity contribution >= 4 is 47.3 Å². The number of rotatable bonds is 22. The van der Waals surface area contributed by atoms with Crippen LogP contribution in [-0.2, 0) is 28.8 Å². The number of carbonyl (C=O) groups excluding carboxylic acids is 8. The van der Waals surface area contributed by atoms with Gasteiger partial charge >= 0.3 is 0 Å². The minimum absolute atomic E-state index is 0.0349. The number of likely N-dealkylation sites (N-methyl/N-ethyl adjacent to an activating group) is 2. The number of nitrogens with zero attached hydrogens (tertiary/aromatic N) is 2. The third kappa shape index (κ3) is 15.7. The molecule has 3 aromatic rings. The van der Waals surface area contributed by atoms with Crippen molar-refractivity contribution in [2.24, 2.45) is 10.8 Å². The zero-order valence-corrected chi connectivity index (χ0v) is 46.2. The number of amides is 8. The molecule has 0 saturated carbocycles. The molecule has 2 aliphatic rings. The molecule has 2 heterocycles. The van der Waals surface area contributed by atoms with E-state index in [9.17, 15) is 58.8 Å². The summed E-state index contributed by atoms with van der Waals surface area (Å²) in [6.45, 7) is 12.1. The lowest BCUT2D eigenvalue weighted by Gasteiger charge is -2.36.